The Balaban J connectivity index is 1.48. The van der Waals surface area contributed by atoms with Gasteiger partial charge in [-0.3, -0.25) is 9.36 Å². The van der Waals surface area contributed by atoms with Crippen LogP contribution in [-0.2, 0) is 16.1 Å². The average molecular weight is 416 g/mol. The normalized spacial score (nSPS) is 16.3. The Morgan fingerprint density at radius 2 is 2.14 bits per heavy atom. The van der Waals surface area contributed by atoms with E-state index in [0.717, 1.165) is 30.8 Å². The minimum atomic E-state index is -0.346. The van der Waals surface area contributed by atoms with E-state index >= 15 is 0 Å². The summed E-state index contributed by atoms with van der Waals surface area (Å²) in [6.07, 6.45) is 3.75. The van der Waals surface area contributed by atoms with Gasteiger partial charge in [0.2, 0.25) is 5.91 Å². The number of nitrogens with one attached hydrogen (secondary N) is 1. The van der Waals surface area contributed by atoms with Gasteiger partial charge in [-0.25, -0.2) is 4.39 Å². The maximum Gasteiger partial charge on any atom is 0.234 e. The molecule has 2 aromatic heterocycles. The predicted octanol–water partition coefficient (Wildman–Crippen LogP) is 3.90. The molecule has 4 rings (SSSR count). The van der Waals surface area contributed by atoms with Crippen LogP contribution in [0.1, 0.15) is 18.6 Å². The van der Waals surface area contributed by atoms with Crippen molar-refractivity contribution in [3.05, 3.63) is 48.2 Å². The summed E-state index contributed by atoms with van der Waals surface area (Å²) in [5, 5.41) is 12.0. The lowest BCUT2D eigenvalue weighted by molar-refractivity contribution is -0.113. The van der Waals surface area contributed by atoms with E-state index in [1.54, 1.807) is 6.26 Å². The summed E-state index contributed by atoms with van der Waals surface area (Å²) in [4.78, 5) is 12.3. The summed E-state index contributed by atoms with van der Waals surface area (Å²) < 4.78 is 26.2. The molecule has 0 unspecified atom stereocenters. The minimum absolute atomic E-state index is 0.101. The highest BCUT2D eigenvalue weighted by molar-refractivity contribution is 7.99. The van der Waals surface area contributed by atoms with E-state index < -0.39 is 0 Å². The first kappa shape index (κ1) is 19.7. The van der Waals surface area contributed by atoms with Crippen LogP contribution in [0.4, 0.5) is 10.1 Å². The Bertz CT molecular complexity index is 980. The molecule has 3 aromatic rings. The summed E-state index contributed by atoms with van der Waals surface area (Å²) in [7, 11) is 0. The van der Waals surface area contributed by atoms with Gasteiger partial charge in [-0.15, -0.1) is 10.2 Å². The SMILES string of the molecule is Cc1occc1-c1nnc(SCC(=O)Nc2ccc(F)cc2)n1C[C@@H]1CCCO1. The molecular formula is C20H21FN4O3S. The van der Waals surface area contributed by atoms with Gasteiger partial charge in [0.25, 0.3) is 0 Å². The Morgan fingerprint density at radius 3 is 2.83 bits per heavy atom. The highest BCUT2D eigenvalue weighted by Gasteiger charge is 2.23. The lowest BCUT2D eigenvalue weighted by atomic mass is 10.2. The third-order valence-corrected chi connectivity index (χ3v) is 5.65. The standard InChI is InChI=1S/C20H21FN4O3S/c1-13-17(8-10-27-13)19-23-24-20(25(19)11-16-3-2-9-28-16)29-12-18(26)22-15-6-4-14(21)5-7-15/h4-8,10,16H,2-3,9,11-12H2,1H3,(H,22,26)/t16-/m0/s1. The largest absolute Gasteiger partial charge is 0.469 e. The number of nitrogens with zero attached hydrogens (tertiary/aromatic N) is 3. The van der Waals surface area contributed by atoms with E-state index in [1.807, 2.05) is 17.6 Å². The highest BCUT2D eigenvalue weighted by atomic mass is 32.2. The number of hydrogen-bond donors (Lipinski definition) is 1. The number of aromatic nitrogens is 3. The first-order valence-electron chi connectivity index (χ1n) is 9.37. The zero-order valence-electron chi connectivity index (χ0n) is 15.9. The number of carbonyl (C=O) groups excluding carboxylic acids is 1. The lowest BCUT2D eigenvalue weighted by Gasteiger charge is -2.14. The molecule has 1 aliphatic heterocycles. The van der Waals surface area contributed by atoms with E-state index in [2.05, 4.69) is 15.5 Å². The topological polar surface area (TPSA) is 82.2 Å². The summed E-state index contributed by atoms with van der Waals surface area (Å²) >= 11 is 1.30. The number of furan rings is 1. The van der Waals surface area contributed by atoms with Gasteiger partial charge in [0, 0.05) is 12.3 Å². The number of aryl methyl sites for hydroxylation is 1. The van der Waals surface area contributed by atoms with Crippen LogP contribution in [0, 0.1) is 12.7 Å². The summed E-state index contributed by atoms with van der Waals surface area (Å²) in [5.74, 6) is 1.08. The maximum absolute atomic E-state index is 13.0. The van der Waals surface area contributed by atoms with E-state index in [-0.39, 0.29) is 23.6 Å². The molecule has 1 saturated heterocycles. The molecule has 152 valence electrons. The molecule has 1 N–H and O–H groups in total. The molecule has 0 aliphatic carbocycles. The fourth-order valence-electron chi connectivity index (χ4n) is 3.23. The molecule has 0 bridgehead atoms. The van der Waals surface area contributed by atoms with Crippen LogP contribution in [0.15, 0.2) is 46.2 Å². The Labute approximate surface area is 171 Å². The van der Waals surface area contributed by atoms with Gasteiger partial charge in [-0.05, 0) is 50.1 Å². The molecule has 29 heavy (non-hydrogen) atoms. The molecular weight excluding hydrogens is 395 g/mol. The maximum atomic E-state index is 13.0. The summed E-state index contributed by atoms with van der Waals surface area (Å²) in [6.45, 7) is 3.26. The average Bonchev–Trinajstić information content (AvgIpc) is 3.44. The first-order chi connectivity index (χ1) is 14.1. The van der Waals surface area contributed by atoms with Crippen molar-refractivity contribution in [3.63, 3.8) is 0 Å². The van der Waals surface area contributed by atoms with Crippen molar-refractivity contribution in [1.82, 2.24) is 14.8 Å². The Morgan fingerprint density at radius 1 is 1.31 bits per heavy atom. The number of ether oxygens (including phenoxy) is 1. The van der Waals surface area contributed by atoms with Crippen LogP contribution in [0.5, 0.6) is 0 Å². The highest BCUT2D eigenvalue weighted by Crippen LogP contribution is 2.29. The van der Waals surface area contributed by atoms with Crippen molar-refractivity contribution in [2.45, 2.75) is 37.6 Å². The van der Waals surface area contributed by atoms with Crippen LogP contribution >= 0.6 is 11.8 Å². The first-order valence-corrected chi connectivity index (χ1v) is 10.4. The van der Waals surface area contributed by atoms with Crippen LogP contribution in [-0.4, -0.2) is 39.1 Å². The zero-order chi connectivity index (χ0) is 20.2. The number of hydrogen-bond acceptors (Lipinski definition) is 6. The van der Waals surface area contributed by atoms with E-state index in [4.69, 9.17) is 9.15 Å². The smallest absolute Gasteiger partial charge is 0.234 e. The fourth-order valence-corrected chi connectivity index (χ4v) is 3.98. The molecule has 1 aromatic carbocycles. The van der Waals surface area contributed by atoms with Gasteiger partial charge in [0.15, 0.2) is 11.0 Å². The molecule has 7 nitrogen and oxygen atoms in total. The van der Waals surface area contributed by atoms with Gasteiger partial charge in [0.05, 0.1) is 30.2 Å². The molecule has 0 radical (unpaired) electrons. The molecule has 0 spiro atoms. The number of carbonyl (C=O) groups is 1. The van der Waals surface area contributed by atoms with E-state index in [0.29, 0.717) is 23.2 Å². The molecule has 0 saturated carbocycles. The second-order valence-corrected chi connectivity index (χ2v) is 7.73. The monoisotopic (exact) mass is 416 g/mol. The number of halogens is 1. The quantitative estimate of drug-likeness (QED) is 0.589. The zero-order valence-corrected chi connectivity index (χ0v) is 16.7. The summed E-state index contributed by atoms with van der Waals surface area (Å²) in [5.41, 5.74) is 1.42. The molecule has 9 heteroatoms. The number of anilines is 1. The fraction of sp³-hybridized carbons (Fsp3) is 0.350. The third-order valence-electron chi connectivity index (χ3n) is 4.69. The second kappa shape index (κ2) is 8.79. The molecule has 1 amide bonds. The van der Waals surface area contributed by atoms with Gasteiger partial charge in [-0.1, -0.05) is 11.8 Å². The van der Waals surface area contributed by atoms with Crippen molar-refractivity contribution >= 4 is 23.4 Å². The molecule has 1 fully saturated rings. The van der Waals surface area contributed by atoms with Crippen molar-refractivity contribution in [3.8, 4) is 11.4 Å². The summed E-state index contributed by atoms with van der Waals surface area (Å²) in [6, 6.07) is 7.53. The van der Waals surface area contributed by atoms with Crippen LogP contribution in [0.25, 0.3) is 11.4 Å². The molecule has 1 aliphatic rings. The van der Waals surface area contributed by atoms with Gasteiger partial charge >= 0.3 is 0 Å². The van der Waals surface area contributed by atoms with E-state index in [1.165, 1.54) is 36.0 Å². The van der Waals surface area contributed by atoms with Crippen molar-refractivity contribution in [1.29, 1.82) is 0 Å². The van der Waals surface area contributed by atoms with Gasteiger partial charge in [0.1, 0.15) is 11.6 Å². The van der Waals surface area contributed by atoms with Crippen LogP contribution in [0.3, 0.4) is 0 Å². The van der Waals surface area contributed by atoms with Crippen LogP contribution in [0.2, 0.25) is 0 Å². The number of benzene rings is 1. The second-order valence-electron chi connectivity index (χ2n) is 6.79. The third kappa shape index (κ3) is 4.68. The molecule has 3 heterocycles. The lowest BCUT2D eigenvalue weighted by Crippen LogP contribution is -2.18. The Hall–Kier alpha value is -2.65. The van der Waals surface area contributed by atoms with Gasteiger partial charge in [-0.2, -0.15) is 0 Å². The van der Waals surface area contributed by atoms with Gasteiger partial charge < -0.3 is 14.5 Å². The Kier molecular flexibility index (Phi) is 5.96. The number of amides is 1. The van der Waals surface area contributed by atoms with E-state index in [9.17, 15) is 9.18 Å². The molecule has 1 atom stereocenters. The minimum Gasteiger partial charge on any atom is -0.469 e. The van der Waals surface area contributed by atoms with Crippen molar-refractivity contribution in [2.24, 2.45) is 0 Å². The predicted molar refractivity (Wildman–Crippen MR) is 107 cm³/mol. The van der Waals surface area contributed by atoms with Crippen molar-refractivity contribution in [2.75, 3.05) is 17.7 Å². The number of rotatable bonds is 7. The van der Waals surface area contributed by atoms with Crippen LogP contribution < -0.4 is 5.32 Å². The number of thioether (sulfide) groups is 1. The van der Waals surface area contributed by atoms with Crippen molar-refractivity contribution < 1.29 is 18.3 Å².